The number of esters is 4. The Morgan fingerprint density at radius 2 is 1.19 bits per heavy atom. The van der Waals surface area contributed by atoms with Crippen LogP contribution in [0.4, 0.5) is 0 Å². The van der Waals surface area contributed by atoms with Crippen LogP contribution in [-0.2, 0) is 25.7 Å². The summed E-state index contributed by atoms with van der Waals surface area (Å²) in [5, 5.41) is 50.9. The van der Waals surface area contributed by atoms with Gasteiger partial charge in [-0.2, -0.15) is 0 Å². The molecule has 6 N–H and O–H groups in total. The third-order valence-corrected chi connectivity index (χ3v) is 5.67. The number of carbonyl (C=O) groups excluding carboxylic acids is 4. The van der Waals surface area contributed by atoms with E-state index in [0.29, 0.717) is 17.7 Å². The quantitative estimate of drug-likeness (QED) is 0.155. The van der Waals surface area contributed by atoms with Crippen LogP contribution in [0, 0.1) is 0 Å². The SMILES string of the molecule is CC(C)(C)NCC(O)c1ccc(O)c(CO)c1.O=C(OC(=O)C(O)C(O)C(=O)OC(=O)c1ccccc1)c1ccccc1. The van der Waals surface area contributed by atoms with Gasteiger partial charge in [-0.05, 0) is 62.7 Å². The second-order valence-electron chi connectivity index (χ2n) is 10.2. The molecule has 0 aromatic heterocycles. The number of ether oxygens (including phenoxy) is 2. The zero-order valence-electron chi connectivity index (χ0n) is 23.8. The van der Waals surface area contributed by atoms with Crippen molar-refractivity contribution in [2.45, 2.75) is 51.2 Å². The molecule has 0 amide bonds. The van der Waals surface area contributed by atoms with Gasteiger partial charge in [-0.3, -0.25) is 0 Å². The van der Waals surface area contributed by atoms with Gasteiger partial charge in [0.05, 0.1) is 23.8 Å². The predicted octanol–water partition coefficient (Wildman–Crippen LogP) is 1.78. The smallest absolute Gasteiger partial charge is 0.346 e. The summed E-state index contributed by atoms with van der Waals surface area (Å²) in [6.45, 7) is 6.26. The molecule has 0 saturated carbocycles. The Bertz CT molecular complexity index is 1300. The molecule has 43 heavy (non-hydrogen) atoms. The van der Waals surface area contributed by atoms with Gasteiger partial charge in [0.1, 0.15) is 5.75 Å². The number of aromatic hydroxyl groups is 1. The van der Waals surface area contributed by atoms with Crippen LogP contribution in [0.5, 0.6) is 5.75 Å². The molecule has 3 aromatic rings. The van der Waals surface area contributed by atoms with Crippen molar-refractivity contribution in [3.63, 3.8) is 0 Å². The Hall–Kier alpha value is -4.46. The fourth-order valence-corrected chi connectivity index (χ4v) is 3.29. The topological polar surface area (TPSA) is 200 Å². The van der Waals surface area contributed by atoms with E-state index in [0.717, 1.165) is 0 Å². The molecule has 0 fully saturated rings. The van der Waals surface area contributed by atoms with Crippen molar-refractivity contribution in [2.75, 3.05) is 6.54 Å². The highest BCUT2D eigenvalue weighted by atomic mass is 16.6. The van der Waals surface area contributed by atoms with Crippen molar-refractivity contribution < 1.29 is 54.2 Å². The lowest BCUT2D eigenvalue weighted by atomic mass is 10.0. The Labute approximate surface area is 248 Å². The summed E-state index contributed by atoms with van der Waals surface area (Å²) in [5.41, 5.74) is 1.12. The summed E-state index contributed by atoms with van der Waals surface area (Å²) < 4.78 is 8.76. The van der Waals surface area contributed by atoms with E-state index in [2.05, 4.69) is 14.8 Å². The Balaban J connectivity index is 0.000000329. The van der Waals surface area contributed by atoms with Crippen LogP contribution in [0.25, 0.3) is 0 Å². The average Bonchev–Trinajstić information content (AvgIpc) is 3.00. The number of β-amino-alcohol motifs (C(OH)–C–C–N with tert-alkyl or cyclic N) is 1. The second kappa shape index (κ2) is 16.2. The molecule has 3 rings (SSSR count). The number of aliphatic hydroxyl groups excluding tert-OH is 4. The van der Waals surface area contributed by atoms with E-state index in [4.69, 9.17) is 5.11 Å². The van der Waals surface area contributed by atoms with Crippen molar-refractivity contribution in [1.29, 1.82) is 0 Å². The van der Waals surface area contributed by atoms with Crippen LogP contribution in [-0.4, -0.2) is 73.7 Å². The second-order valence-corrected chi connectivity index (χ2v) is 10.2. The van der Waals surface area contributed by atoms with Gasteiger partial charge in [0.2, 0.25) is 0 Å². The van der Waals surface area contributed by atoms with Gasteiger partial charge in [-0.25, -0.2) is 19.2 Å². The van der Waals surface area contributed by atoms with Gasteiger partial charge in [-0.1, -0.05) is 42.5 Å². The number of benzene rings is 3. The zero-order chi connectivity index (χ0) is 32.2. The fourth-order valence-electron chi connectivity index (χ4n) is 3.29. The number of nitrogens with one attached hydrogen (secondary N) is 1. The maximum atomic E-state index is 11.7. The van der Waals surface area contributed by atoms with E-state index in [1.807, 2.05) is 20.8 Å². The first-order valence-electron chi connectivity index (χ1n) is 13.1. The van der Waals surface area contributed by atoms with Gasteiger partial charge < -0.3 is 40.3 Å². The monoisotopic (exact) mass is 597 g/mol. The Morgan fingerprint density at radius 3 is 1.58 bits per heavy atom. The number of carbonyl (C=O) groups is 4. The van der Waals surface area contributed by atoms with Gasteiger partial charge >= 0.3 is 23.9 Å². The molecule has 230 valence electrons. The molecule has 0 saturated heterocycles. The highest BCUT2D eigenvalue weighted by Gasteiger charge is 2.35. The minimum absolute atomic E-state index is 0.0318. The normalized spacial score (nSPS) is 13.0. The Kier molecular flexibility index (Phi) is 13.1. The van der Waals surface area contributed by atoms with Crippen LogP contribution in [0.15, 0.2) is 78.9 Å². The lowest BCUT2D eigenvalue weighted by Gasteiger charge is -2.23. The third-order valence-electron chi connectivity index (χ3n) is 5.67. The first-order chi connectivity index (χ1) is 20.2. The molecule has 0 radical (unpaired) electrons. The molecule has 3 unspecified atom stereocenters. The molecule has 0 spiro atoms. The van der Waals surface area contributed by atoms with E-state index in [9.17, 15) is 39.6 Å². The zero-order valence-corrected chi connectivity index (χ0v) is 23.8. The number of hydrogen-bond acceptors (Lipinski definition) is 12. The molecular formula is C31H35NO11. The van der Waals surface area contributed by atoms with E-state index in [-0.39, 0.29) is 29.0 Å². The molecule has 3 aromatic carbocycles. The summed E-state index contributed by atoms with van der Waals surface area (Å²) in [4.78, 5) is 46.8. The predicted molar refractivity (Wildman–Crippen MR) is 152 cm³/mol. The average molecular weight is 598 g/mol. The number of rotatable bonds is 9. The molecule has 0 heterocycles. The Morgan fingerprint density at radius 1 is 0.744 bits per heavy atom. The lowest BCUT2D eigenvalue weighted by Crippen LogP contribution is -2.43. The largest absolute Gasteiger partial charge is 0.508 e. The van der Waals surface area contributed by atoms with Crippen LogP contribution in [0.1, 0.15) is 58.7 Å². The lowest BCUT2D eigenvalue weighted by molar-refractivity contribution is -0.166. The molecule has 0 aliphatic heterocycles. The minimum atomic E-state index is -2.40. The van der Waals surface area contributed by atoms with Crippen LogP contribution >= 0.6 is 0 Å². The molecule has 0 aliphatic carbocycles. The van der Waals surface area contributed by atoms with E-state index >= 15 is 0 Å². The standard InChI is InChI=1S/C18H14O8.C13H21NO3/c19-13(17(23)25-15(21)11-7-3-1-4-8-11)14(20)18(24)26-16(22)12-9-5-2-6-10-12;1-13(2,3)14-7-12(17)9-4-5-11(16)10(6-9)8-15/h1-10,13-14,19-20H;4-6,12,14-17H,7-8H2,1-3H3. The highest BCUT2D eigenvalue weighted by Crippen LogP contribution is 2.22. The molecule has 3 atom stereocenters. The molecule has 12 heteroatoms. The fraction of sp³-hybridized carbons (Fsp3) is 0.290. The van der Waals surface area contributed by atoms with Crippen molar-refractivity contribution in [3.8, 4) is 5.75 Å². The van der Waals surface area contributed by atoms with Crippen molar-refractivity contribution >= 4 is 23.9 Å². The number of aliphatic hydroxyl groups is 4. The molecule has 0 aliphatic rings. The van der Waals surface area contributed by atoms with Crippen LogP contribution in [0.2, 0.25) is 0 Å². The molecule has 12 nitrogen and oxygen atoms in total. The minimum Gasteiger partial charge on any atom is -0.508 e. The van der Waals surface area contributed by atoms with Gasteiger partial charge in [0.25, 0.3) is 0 Å². The first-order valence-corrected chi connectivity index (χ1v) is 13.1. The third kappa shape index (κ3) is 11.4. The number of phenols is 1. The van der Waals surface area contributed by atoms with Crippen molar-refractivity contribution in [1.82, 2.24) is 5.32 Å². The summed E-state index contributed by atoms with van der Waals surface area (Å²) in [5.74, 6) is -5.22. The summed E-state index contributed by atoms with van der Waals surface area (Å²) in [6.07, 6.45) is -5.46. The van der Waals surface area contributed by atoms with Gasteiger partial charge in [0, 0.05) is 17.6 Å². The summed E-state index contributed by atoms with van der Waals surface area (Å²) >= 11 is 0. The van der Waals surface area contributed by atoms with Crippen molar-refractivity contribution in [2.24, 2.45) is 0 Å². The molecular weight excluding hydrogens is 562 g/mol. The first kappa shape index (κ1) is 34.7. The highest BCUT2D eigenvalue weighted by molar-refractivity contribution is 6.01. The maximum absolute atomic E-state index is 11.7. The van der Waals surface area contributed by atoms with Gasteiger partial charge in [-0.15, -0.1) is 0 Å². The summed E-state index contributed by atoms with van der Waals surface area (Å²) in [6, 6.07) is 19.6. The van der Waals surface area contributed by atoms with E-state index < -0.39 is 42.2 Å². The molecule has 0 bridgehead atoms. The van der Waals surface area contributed by atoms with E-state index in [1.54, 1.807) is 24.3 Å². The maximum Gasteiger partial charge on any atom is 0.346 e. The van der Waals surface area contributed by atoms with E-state index in [1.165, 1.54) is 54.6 Å². The van der Waals surface area contributed by atoms with Gasteiger partial charge in [0.15, 0.2) is 12.2 Å². The van der Waals surface area contributed by atoms with Crippen molar-refractivity contribution in [3.05, 3.63) is 101 Å². The number of hydrogen-bond donors (Lipinski definition) is 6. The van der Waals surface area contributed by atoms with Crippen LogP contribution < -0.4 is 5.32 Å². The summed E-state index contributed by atoms with van der Waals surface area (Å²) in [7, 11) is 0. The van der Waals surface area contributed by atoms with Crippen LogP contribution in [0.3, 0.4) is 0 Å².